The van der Waals surface area contributed by atoms with E-state index in [1.54, 1.807) is 34.6 Å². The maximum atomic E-state index is 12.2. The molecule has 0 saturated carbocycles. The molecular formula is C18H28N2O4. The Hall–Kier alpha value is -2.24. The molecule has 0 saturated heterocycles. The van der Waals surface area contributed by atoms with Crippen LogP contribution in [0, 0.1) is 5.41 Å². The van der Waals surface area contributed by atoms with E-state index in [2.05, 4.69) is 5.32 Å². The predicted octanol–water partition coefficient (Wildman–Crippen LogP) is 3.43. The summed E-state index contributed by atoms with van der Waals surface area (Å²) in [5.41, 5.74) is -0.158. The van der Waals surface area contributed by atoms with Gasteiger partial charge in [0.05, 0.1) is 11.5 Å². The average Bonchev–Trinajstić information content (AvgIpc) is 2.42. The van der Waals surface area contributed by atoms with Gasteiger partial charge in [0, 0.05) is 19.8 Å². The smallest absolute Gasteiger partial charge is 0.408 e. The fourth-order valence-corrected chi connectivity index (χ4v) is 2.19. The molecule has 6 heteroatoms. The molecule has 1 rings (SSSR count). The number of carbonyl (C=O) groups excluding carboxylic acids is 1. The van der Waals surface area contributed by atoms with Crippen molar-refractivity contribution < 1.29 is 19.4 Å². The van der Waals surface area contributed by atoms with Gasteiger partial charge in [0.1, 0.15) is 5.60 Å². The van der Waals surface area contributed by atoms with Gasteiger partial charge in [0.25, 0.3) is 0 Å². The first-order valence-electron chi connectivity index (χ1n) is 7.85. The number of hydrogen-bond acceptors (Lipinski definition) is 4. The quantitative estimate of drug-likeness (QED) is 0.861. The Bertz CT molecular complexity index is 586. The highest BCUT2D eigenvalue weighted by Gasteiger charge is 2.39. The van der Waals surface area contributed by atoms with Crippen LogP contribution in [0.25, 0.3) is 0 Å². The first-order valence-corrected chi connectivity index (χ1v) is 7.85. The summed E-state index contributed by atoms with van der Waals surface area (Å²) in [7, 11) is 3.85. The van der Waals surface area contributed by atoms with E-state index in [-0.39, 0.29) is 0 Å². The number of amides is 1. The number of ether oxygens (including phenoxy) is 1. The molecule has 0 bridgehead atoms. The zero-order valence-electron chi connectivity index (χ0n) is 15.5. The Balaban J connectivity index is 3.15. The van der Waals surface area contributed by atoms with E-state index in [1.807, 2.05) is 43.3 Å². The molecule has 0 aliphatic heterocycles. The largest absolute Gasteiger partial charge is 0.481 e. The molecular weight excluding hydrogens is 308 g/mol. The van der Waals surface area contributed by atoms with Crippen molar-refractivity contribution in [2.24, 2.45) is 5.41 Å². The highest BCUT2D eigenvalue weighted by Crippen LogP contribution is 2.34. The molecule has 0 spiro atoms. The summed E-state index contributed by atoms with van der Waals surface area (Å²) >= 11 is 0. The van der Waals surface area contributed by atoms with E-state index in [4.69, 9.17) is 4.74 Å². The monoisotopic (exact) mass is 336 g/mol. The summed E-state index contributed by atoms with van der Waals surface area (Å²) in [5.74, 6) is -1.000. The van der Waals surface area contributed by atoms with Gasteiger partial charge >= 0.3 is 12.1 Å². The molecule has 24 heavy (non-hydrogen) atoms. The number of carboxylic acids is 1. The van der Waals surface area contributed by atoms with Gasteiger partial charge in [-0.2, -0.15) is 0 Å². The van der Waals surface area contributed by atoms with Crippen LogP contribution in [0.1, 0.15) is 46.2 Å². The van der Waals surface area contributed by atoms with Gasteiger partial charge in [-0.15, -0.1) is 0 Å². The zero-order chi connectivity index (χ0) is 18.7. The summed E-state index contributed by atoms with van der Waals surface area (Å²) in [5, 5.41) is 12.3. The SMILES string of the molecule is CN(C)c1ccc(C(NC(=O)OC(C)(C)C)C(C)(C)C(=O)O)cc1. The lowest BCUT2D eigenvalue weighted by atomic mass is 9.80. The van der Waals surface area contributed by atoms with E-state index in [1.165, 1.54) is 0 Å². The van der Waals surface area contributed by atoms with Crippen LogP contribution in [-0.4, -0.2) is 36.9 Å². The Morgan fingerprint density at radius 2 is 1.58 bits per heavy atom. The zero-order valence-corrected chi connectivity index (χ0v) is 15.5. The number of aliphatic carboxylic acids is 1. The molecule has 1 aromatic carbocycles. The molecule has 6 nitrogen and oxygen atoms in total. The average molecular weight is 336 g/mol. The van der Waals surface area contributed by atoms with Crippen LogP contribution in [-0.2, 0) is 9.53 Å². The van der Waals surface area contributed by atoms with Crippen LogP contribution < -0.4 is 10.2 Å². The second-order valence-corrected chi connectivity index (χ2v) is 7.59. The highest BCUT2D eigenvalue weighted by atomic mass is 16.6. The van der Waals surface area contributed by atoms with E-state index < -0.39 is 29.1 Å². The molecule has 0 fully saturated rings. The standard InChI is InChI=1S/C18H28N2O4/c1-17(2,3)24-16(23)19-14(18(4,5)15(21)22)12-8-10-13(11-9-12)20(6)7/h8-11,14H,1-7H3,(H,19,23)(H,21,22). The Labute approximate surface area is 143 Å². The number of carboxylic acid groups (broad SMARTS) is 1. The Kier molecular flexibility index (Phi) is 5.87. The third-order valence-electron chi connectivity index (χ3n) is 3.68. The molecule has 1 atom stereocenters. The molecule has 1 unspecified atom stereocenters. The number of carbonyl (C=O) groups is 2. The predicted molar refractivity (Wildman–Crippen MR) is 94.3 cm³/mol. The number of alkyl carbamates (subject to hydrolysis) is 1. The minimum absolute atomic E-state index is 0.640. The highest BCUT2D eigenvalue weighted by molar-refractivity contribution is 5.77. The summed E-state index contributed by atoms with van der Waals surface area (Å²) in [6.07, 6.45) is -0.640. The second-order valence-electron chi connectivity index (χ2n) is 7.59. The number of nitrogens with one attached hydrogen (secondary N) is 1. The maximum absolute atomic E-state index is 12.2. The molecule has 1 aromatic rings. The second kappa shape index (κ2) is 7.11. The molecule has 0 aromatic heterocycles. The van der Waals surface area contributed by atoms with Gasteiger partial charge < -0.3 is 20.1 Å². The Morgan fingerprint density at radius 3 is 1.96 bits per heavy atom. The fourth-order valence-electron chi connectivity index (χ4n) is 2.19. The number of anilines is 1. The molecule has 0 aliphatic carbocycles. The van der Waals surface area contributed by atoms with Crippen LogP contribution in [0.5, 0.6) is 0 Å². The molecule has 134 valence electrons. The third kappa shape index (κ3) is 5.15. The summed E-state index contributed by atoms with van der Waals surface area (Å²) in [6, 6.07) is 6.69. The van der Waals surface area contributed by atoms with Gasteiger partial charge in [0.2, 0.25) is 0 Å². The summed E-state index contributed by atoms with van der Waals surface area (Å²) < 4.78 is 5.28. The summed E-state index contributed by atoms with van der Waals surface area (Å²) in [4.78, 5) is 25.8. The number of benzene rings is 1. The number of hydrogen-bond donors (Lipinski definition) is 2. The van der Waals surface area contributed by atoms with E-state index in [0.29, 0.717) is 5.56 Å². The molecule has 2 N–H and O–H groups in total. The van der Waals surface area contributed by atoms with Gasteiger partial charge in [-0.05, 0) is 52.3 Å². The van der Waals surface area contributed by atoms with Crippen molar-refractivity contribution in [2.45, 2.75) is 46.3 Å². The van der Waals surface area contributed by atoms with Crippen molar-refractivity contribution in [1.29, 1.82) is 0 Å². The van der Waals surface area contributed by atoms with Crippen LogP contribution in [0.4, 0.5) is 10.5 Å². The van der Waals surface area contributed by atoms with Crippen LogP contribution in [0.3, 0.4) is 0 Å². The van der Waals surface area contributed by atoms with Gasteiger partial charge in [-0.3, -0.25) is 4.79 Å². The topological polar surface area (TPSA) is 78.9 Å². The van der Waals surface area contributed by atoms with Crippen molar-refractivity contribution >= 4 is 17.7 Å². The van der Waals surface area contributed by atoms with Crippen LogP contribution in [0.2, 0.25) is 0 Å². The maximum Gasteiger partial charge on any atom is 0.408 e. The van der Waals surface area contributed by atoms with Crippen LogP contribution in [0.15, 0.2) is 24.3 Å². The van der Waals surface area contributed by atoms with E-state index in [9.17, 15) is 14.7 Å². The first-order chi connectivity index (χ1) is 10.8. The molecule has 0 radical (unpaired) electrons. The minimum atomic E-state index is -1.20. The number of nitrogens with zero attached hydrogens (tertiary/aromatic N) is 1. The molecule has 0 aliphatic rings. The Morgan fingerprint density at radius 1 is 1.08 bits per heavy atom. The van der Waals surface area contributed by atoms with E-state index in [0.717, 1.165) is 5.69 Å². The van der Waals surface area contributed by atoms with Crippen LogP contribution >= 0.6 is 0 Å². The fraction of sp³-hybridized carbons (Fsp3) is 0.556. The van der Waals surface area contributed by atoms with Crippen molar-refractivity contribution in [1.82, 2.24) is 5.32 Å². The molecule has 0 heterocycles. The molecule has 1 amide bonds. The van der Waals surface area contributed by atoms with Crippen molar-refractivity contribution in [3.8, 4) is 0 Å². The van der Waals surface area contributed by atoms with Gasteiger partial charge in [-0.25, -0.2) is 4.79 Å². The van der Waals surface area contributed by atoms with Gasteiger partial charge in [0.15, 0.2) is 0 Å². The summed E-state index contributed by atoms with van der Waals surface area (Å²) in [6.45, 7) is 8.44. The van der Waals surface area contributed by atoms with E-state index >= 15 is 0 Å². The van der Waals surface area contributed by atoms with Crippen molar-refractivity contribution in [3.63, 3.8) is 0 Å². The lowest BCUT2D eigenvalue weighted by molar-refractivity contribution is -0.148. The lowest BCUT2D eigenvalue weighted by Crippen LogP contribution is -2.44. The van der Waals surface area contributed by atoms with Crippen molar-refractivity contribution in [2.75, 3.05) is 19.0 Å². The van der Waals surface area contributed by atoms with Crippen molar-refractivity contribution in [3.05, 3.63) is 29.8 Å². The number of rotatable bonds is 5. The third-order valence-corrected chi connectivity index (χ3v) is 3.68. The lowest BCUT2D eigenvalue weighted by Gasteiger charge is -2.32. The van der Waals surface area contributed by atoms with Gasteiger partial charge in [-0.1, -0.05) is 12.1 Å². The normalized spacial score (nSPS) is 13.1. The minimum Gasteiger partial charge on any atom is -0.481 e. The first kappa shape index (κ1) is 19.8.